The summed E-state index contributed by atoms with van der Waals surface area (Å²) >= 11 is 0. The van der Waals surface area contributed by atoms with Gasteiger partial charge in [0.05, 0.1) is 39.9 Å². The lowest BCUT2D eigenvalue weighted by molar-refractivity contribution is -0.870. The Morgan fingerprint density at radius 1 is 0.867 bits per heavy atom. The van der Waals surface area contributed by atoms with Crippen molar-refractivity contribution in [2.75, 3.05) is 34.2 Å². The minimum atomic E-state index is -1.48. The number of aliphatic hydroxyl groups is 5. The number of aliphatic carboxylic acids is 1. The zero-order chi connectivity index (χ0) is 24.7. The topological polar surface area (TPSA) is 190 Å². The smallest absolute Gasteiger partial charge is 0.320 e. The summed E-state index contributed by atoms with van der Waals surface area (Å²) in [7, 11) is 6.64. The summed E-state index contributed by atoms with van der Waals surface area (Å²) in [5.41, 5.74) is 10.0. The Morgan fingerprint density at radius 2 is 1.20 bits per heavy atom. The van der Waals surface area contributed by atoms with E-state index in [4.69, 9.17) is 31.9 Å². The van der Waals surface area contributed by atoms with E-state index in [1.165, 1.54) is 19.9 Å². The fraction of sp³-hybridized carbons (Fsp3) is 0.950. The first kappa shape index (κ1) is 33.8. The third kappa shape index (κ3) is 15.9. The molecule has 0 aliphatic heterocycles. The third-order valence-electron chi connectivity index (χ3n) is 4.42. The molecule has 5 unspecified atom stereocenters. The molecule has 1 rings (SSSR count). The molecule has 0 heterocycles. The fourth-order valence-electron chi connectivity index (χ4n) is 2.28. The van der Waals surface area contributed by atoms with Gasteiger partial charge in [-0.15, -0.1) is 0 Å². The quantitative estimate of drug-likeness (QED) is 0.239. The van der Waals surface area contributed by atoms with Crippen LogP contribution in [0, 0.1) is 5.92 Å². The molecule has 184 valence electrons. The molecule has 1 aliphatic carbocycles. The Hall–Kier alpha value is -0.850. The molecule has 0 bridgehead atoms. The van der Waals surface area contributed by atoms with Crippen molar-refractivity contribution in [1.29, 1.82) is 0 Å². The third-order valence-corrected chi connectivity index (χ3v) is 4.42. The minimum Gasteiger partial charge on any atom is -0.480 e. The average Bonchev–Trinajstić information content (AvgIpc) is 2.68. The lowest BCUT2D eigenvalue weighted by Gasteiger charge is -2.40. The maximum absolute atomic E-state index is 9.81. The van der Waals surface area contributed by atoms with Crippen molar-refractivity contribution in [3.05, 3.63) is 0 Å². The Balaban J connectivity index is -0.000000352. The number of carboxylic acid groups (broad SMARTS) is 1. The lowest BCUT2D eigenvalue weighted by Crippen LogP contribution is -2.60. The first-order valence-electron chi connectivity index (χ1n) is 10.5. The van der Waals surface area contributed by atoms with Crippen molar-refractivity contribution in [3.63, 3.8) is 0 Å². The van der Waals surface area contributed by atoms with Crippen LogP contribution < -0.4 is 11.5 Å². The highest BCUT2D eigenvalue weighted by atomic mass is 16.4. The van der Waals surface area contributed by atoms with E-state index in [9.17, 15) is 15.0 Å². The Morgan fingerprint density at radius 3 is 1.33 bits per heavy atom. The van der Waals surface area contributed by atoms with E-state index < -0.39 is 48.4 Å². The van der Waals surface area contributed by atoms with E-state index in [0.29, 0.717) is 6.42 Å². The number of nitrogens with two attached hydrogens (primary N) is 2. The maximum atomic E-state index is 9.81. The molecule has 10 nitrogen and oxygen atoms in total. The highest BCUT2D eigenvalue weighted by Gasteiger charge is 2.45. The Kier molecular flexibility index (Phi) is 20.0. The molecule has 5 atom stereocenters. The second-order valence-electron chi connectivity index (χ2n) is 8.47. The standard InChI is InChI=1S/C7H14O5.C6H16N.C4H9NO2.C3H9N/c1-2-3(8)5(10)7(12)6(11)4(2)9;1-5-6-7(2,3)4;1-2-3(5)4(6)7;1-2-3-4/h2-12H,1H3;5-6H2,1-4H3;3H,2,5H2,1H3,(H,6,7);2-4H2,1H3/q;+1;;. The summed E-state index contributed by atoms with van der Waals surface area (Å²) in [5, 5.41) is 53.9. The molecule has 0 aromatic heterocycles. The lowest BCUT2D eigenvalue weighted by atomic mass is 9.80. The number of nitrogens with zero attached hydrogens (tertiary/aromatic N) is 1. The fourth-order valence-corrected chi connectivity index (χ4v) is 2.28. The Bertz CT molecular complexity index is 361. The number of hydrogen-bond acceptors (Lipinski definition) is 8. The van der Waals surface area contributed by atoms with E-state index in [-0.39, 0.29) is 0 Å². The van der Waals surface area contributed by atoms with Crippen molar-refractivity contribution in [1.82, 2.24) is 0 Å². The van der Waals surface area contributed by atoms with Gasteiger partial charge in [0, 0.05) is 5.92 Å². The summed E-state index contributed by atoms with van der Waals surface area (Å²) in [6.45, 7) is 9.59. The molecule has 0 aromatic rings. The molecule has 30 heavy (non-hydrogen) atoms. The molecule has 10 heteroatoms. The average molecular weight is 443 g/mol. The van der Waals surface area contributed by atoms with Gasteiger partial charge in [0.1, 0.15) is 24.4 Å². The molecule has 1 saturated carbocycles. The minimum absolute atomic E-state index is 0.495. The van der Waals surface area contributed by atoms with Crippen LogP contribution in [-0.2, 0) is 4.79 Å². The van der Waals surface area contributed by atoms with E-state index in [1.54, 1.807) is 6.92 Å². The highest BCUT2D eigenvalue weighted by Crippen LogP contribution is 2.25. The summed E-state index contributed by atoms with van der Waals surface area (Å²) in [6.07, 6.45) is -3.78. The van der Waals surface area contributed by atoms with Gasteiger partial charge in [-0.2, -0.15) is 0 Å². The van der Waals surface area contributed by atoms with Gasteiger partial charge >= 0.3 is 5.97 Å². The number of rotatable bonds is 5. The van der Waals surface area contributed by atoms with Gasteiger partial charge in [0.2, 0.25) is 0 Å². The van der Waals surface area contributed by atoms with Gasteiger partial charge in [-0.25, -0.2) is 0 Å². The number of hydrogen-bond donors (Lipinski definition) is 8. The summed E-state index contributed by atoms with van der Waals surface area (Å²) < 4.78 is 1.09. The summed E-state index contributed by atoms with van der Waals surface area (Å²) in [6, 6.07) is -0.681. The first-order valence-corrected chi connectivity index (χ1v) is 10.5. The van der Waals surface area contributed by atoms with E-state index in [1.807, 2.05) is 0 Å². The number of quaternary nitrogens is 1. The SMILES string of the molecule is CC1C(O)C(O)C(O)C(O)C1O.CCC(N)C(=O)O.CCCN.CCC[N+](C)(C)C. The molecule has 10 N–H and O–H groups in total. The number of carboxylic acids is 1. The van der Waals surface area contributed by atoms with Gasteiger partial charge in [-0.3, -0.25) is 4.79 Å². The molecule has 0 amide bonds. The number of aliphatic hydroxyl groups excluding tert-OH is 5. The van der Waals surface area contributed by atoms with Crippen molar-refractivity contribution >= 4 is 5.97 Å². The first-order chi connectivity index (χ1) is 13.6. The predicted octanol–water partition coefficient (Wildman–Crippen LogP) is -1.29. The van der Waals surface area contributed by atoms with Crippen molar-refractivity contribution in [2.24, 2.45) is 17.4 Å². The number of carbonyl (C=O) groups is 1. The van der Waals surface area contributed by atoms with Gasteiger partial charge in [-0.05, 0) is 25.8 Å². The van der Waals surface area contributed by atoms with Crippen LogP contribution in [0.3, 0.4) is 0 Å². The summed E-state index contributed by atoms with van der Waals surface area (Å²) in [5.74, 6) is -1.57. The summed E-state index contributed by atoms with van der Waals surface area (Å²) in [4.78, 5) is 9.81. The van der Waals surface area contributed by atoms with E-state index in [0.717, 1.165) is 17.4 Å². The molecular formula is C20H48N3O7+. The zero-order valence-corrected chi connectivity index (χ0v) is 19.8. The monoisotopic (exact) mass is 442 g/mol. The van der Waals surface area contributed by atoms with Gasteiger partial charge in [-0.1, -0.05) is 27.7 Å². The van der Waals surface area contributed by atoms with Crippen molar-refractivity contribution < 1.29 is 39.9 Å². The van der Waals surface area contributed by atoms with Crippen LogP contribution in [0.4, 0.5) is 0 Å². The van der Waals surface area contributed by atoms with Crippen LogP contribution in [-0.4, -0.2) is 112 Å². The van der Waals surface area contributed by atoms with Crippen LogP contribution in [0.25, 0.3) is 0 Å². The van der Waals surface area contributed by atoms with Crippen molar-refractivity contribution in [3.8, 4) is 0 Å². The van der Waals surface area contributed by atoms with Gasteiger partial charge in [0.15, 0.2) is 0 Å². The molecule has 0 spiro atoms. The maximum Gasteiger partial charge on any atom is 0.320 e. The van der Waals surface area contributed by atoms with Crippen LogP contribution >= 0.6 is 0 Å². The molecular weight excluding hydrogens is 394 g/mol. The highest BCUT2D eigenvalue weighted by molar-refractivity contribution is 5.72. The predicted molar refractivity (Wildman–Crippen MR) is 118 cm³/mol. The zero-order valence-electron chi connectivity index (χ0n) is 19.8. The van der Waals surface area contributed by atoms with E-state index in [2.05, 4.69) is 35.0 Å². The molecule has 1 aliphatic rings. The van der Waals surface area contributed by atoms with Crippen LogP contribution in [0.5, 0.6) is 0 Å². The van der Waals surface area contributed by atoms with Gasteiger partial charge in [0.25, 0.3) is 0 Å². The van der Waals surface area contributed by atoms with Crippen LogP contribution in [0.15, 0.2) is 0 Å². The normalized spacial score (nSPS) is 29.1. The second kappa shape index (κ2) is 17.8. The second-order valence-corrected chi connectivity index (χ2v) is 8.47. The molecule has 1 fully saturated rings. The van der Waals surface area contributed by atoms with Gasteiger partial charge < -0.3 is 46.6 Å². The molecule has 0 saturated heterocycles. The van der Waals surface area contributed by atoms with Crippen molar-refractivity contribution in [2.45, 2.75) is 83.5 Å². The van der Waals surface area contributed by atoms with Crippen LogP contribution in [0.2, 0.25) is 0 Å². The Labute approximate surface area is 181 Å². The molecule has 0 aromatic carbocycles. The largest absolute Gasteiger partial charge is 0.480 e. The van der Waals surface area contributed by atoms with E-state index >= 15 is 0 Å². The van der Waals surface area contributed by atoms with Crippen LogP contribution in [0.1, 0.15) is 47.0 Å². The molecule has 0 radical (unpaired) electrons.